The molecule has 1 saturated heterocycles. The highest BCUT2D eigenvalue weighted by Crippen LogP contribution is 2.32. The molecule has 1 atom stereocenters. The molecule has 0 spiro atoms. The summed E-state index contributed by atoms with van der Waals surface area (Å²) in [5.74, 6) is 7.40. The monoisotopic (exact) mass is 560 g/mol. The average molecular weight is 561 g/mol. The third-order valence-corrected chi connectivity index (χ3v) is 7.95. The fourth-order valence-electron chi connectivity index (χ4n) is 5.56. The molecule has 2 fully saturated rings. The number of aromatic nitrogens is 4. The summed E-state index contributed by atoms with van der Waals surface area (Å²) in [5, 5.41) is 2.36. The third-order valence-electron chi connectivity index (χ3n) is 7.95. The van der Waals surface area contributed by atoms with Crippen molar-refractivity contribution in [2.24, 2.45) is 7.05 Å². The fraction of sp³-hybridized carbons (Fsp3) is 0.324. The molecule has 1 unspecified atom stereocenters. The quantitative estimate of drug-likeness (QED) is 0.224. The number of ether oxygens (including phenoxy) is 4. The van der Waals surface area contributed by atoms with E-state index < -0.39 is 0 Å². The zero-order valence-corrected chi connectivity index (χ0v) is 23.5. The Bertz CT molecular complexity index is 1740. The van der Waals surface area contributed by atoms with Gasteiger partial charge in [-0.3, -0.25) is 4.98 Å². The highest BCUT2D eigenvalue weighted by atomic mass is 16.7. The van der Waals surface area contributed by atoms with Gasteiger partial charge in [-0.05, 0) is 61.1 Å². The molecule has 1 aliphatic heterocycles. The van der Waals surface area contributed by atoms with E-state index >= 15 is 0 Å². The van der Waals surface area contributed by atoms with Gasteiger partial charge in [0, 0.05) is 73.0 Å². The van der Waals surface area contributed by atoms with Crippen molar-refractivity contribution in [3.8, 4) is 34.6 Å². The molecule has 0 amide bonds. The van der Waals surface area contributed by atoms with Gasteiger partial charge in [0.25, 0.3) is 0 Å². The Balaban J connectivity index is 0.890. The zero-order chi connectivity index (χ0) is 28.3. The van der Waals surface area contributed by atoms with Crippen LogP contribution in [0, 0.1) is 11.8 Å². The first-order chi connectivity index (χ1) is 20.7. The molecule has 0 N–H and O–H groups in total. The molecule has 4 aromatic heterocycles. The van der Waals surface area contributed by atoms with Crippen LogP contribution in [-0.2, 0) is 16.5 Å². The summed E-state index contributed by atoms with van der Waals surface area (Å²) in [6, 6.07) is 16.3. The maximum absolute atomic E-state index is 6.10. The topological polar surface area (TPSA) is 80.5 Å². The minimum Gasteiger partial charge on any atom is -0.489 e. The third kappa shape index (κ3) is 5.67. The first-order valence-electron chi connectivity index (χ1n) is 14.5. The van der Waals surface area contributed by atoms with Gasteiger partial charge in [-0.25, -0.2) is 9.97 Å². The molecular formula is C34H32N4O4. The Morgan fingerprint density at radius 2 is 1.79 bits per heavy atom. The number of pyridine rings is 3. The van der Waals surface area contributed by atoms with Crippen LogP contribution in [0.4, 0.5) is 0 Å². The first kappa shape index (κ1) is 26.4. The Morgan fingerprint density at radius 1 is 0.881 bits per heavy atom. The maximum Gasteiger partial charge on any atom is 0.213 e. The molecule has 0 bridgehead atoms. The van der Waals surface area contributed by atoms with Crippen molar-refractivity contribution >= 4 is 21.8 Å². The number of rotatable bonds is 7. The van der Waals surface area contributed by atoms with Crippen molar-refractivity contribution in [2.75, 3.05) is 13.2 Å². The van der Waals surface area contributed by atoms with E-state index in [4.69, 9.17) is 18.9 Å². The zero-order valence-electron chi connectivity index (χ0n) is 23.5. The Kier molecular flexibility index (Phi) is 7.43. The van der Waals surface area contributed by atoms with Gasteiger partial charge in [0.15, 0.2) is 6.29 Å². The van der Waals surface area contributed by atoms with E-state index in [0.29, 0.717) is 18.2 Å². The predicted molar refractivity (Wildman–Crippen MR) is 160 cm³/mol. The minimum atomic E-state index is -0.127. The second-order valence-electron chi connectivity index (χ2n) is 10.8. The SMILES string of the molecule is Cn1c2ccncc2c2ccc(-c3ccc(O[C@H]4C[C@H](Oc5ccc(C#CCOC6CCCCO6)nc5)C4)nc3)cc21. The van der Waals surface area contributed by atoms with Crippen molar-refractivity contribution in [1.82, 2.24) is 19.5 Å². The van der Waals surface area contributed by atoms with Gasteiger partial charge in [-0.2, -0.15) is 0 Å². The van der Waals surface area contributed by atoms with Crippen molar-refractivity contribution < 1.29 is 18.9 Å². The summed E-state index contributed by atoms with van der Waals surface area (Å²) in [6.07, 6.45) is 12.2. The molecule has 212 valence electrons. The molecule has 1 aliphatic carbocycles. The number of hydrogen-bond acceptors (Lipinski definition) is 7. The largest absolute Gasteiger partial charge is 0.489 e. The second kappa shape index (κ2) is 11.8. The van der Waals surface area contributed by atoms with E-state index in [2.05, 4.69) is 62.7 Å². The van der Waals surface area contributed by atoms with Crippen LogP contribution >= 0.6 is 0 Å². The average Bonchev–Trinajstić information content (AvgIpc) is 3.31. The lowest BCUT2D eigenvalue weighted by Gasteiger charge is -2.34. The van der Waals surface area contributed by atoms with Gasteiger partial charge in [0.1, 0.15) is 30.3 Å². The standard InChI is InChI=1S/C34H32N4O4/c1-38-31-13-14-35-22-30(31)29-11-7-23(17-32(29)38)24-8-12-33(37-20-24)42-28-18-27(19-28)41-26-10-9-25(36-21-26)5-4-16-40-34-6-2-3-15-39-34/h7-14,17,20-22,27-28,34H,2-3,6,15-16,18-19H2,1H3/t27-,28-,34?. The molecule has 5 heterocycles. The lowest BCUT2D eigenvalue weighted by Crippen LogP contribution is -2.41. The summed E-state index contributed by atoms with van der Waals surface area (Å²) in [6.45, 7) is 1.10. The number of fused-ring (bicyclic) bond motifs is 3. The molecular weight excluding hydrogens is 528 g/mol. The number of aryl methyl sites for hydroxylation is 1. The van der Waals surface area contributed by atoms with Crippen LogP contribution in [0.2, 0.25) is 0 Å². The van der Waals surface area contributed by atoms with E-state index in [1.54, 1.807) is 6.20 Å². The van der Waals surface area contributed by atoms with Crippen LogP contribution in [0.3, 0.4) is 0 Å². The molecule has 8 nitrogen and oxygen atoms in total. The van der Waals surface area contributed by atoms with Crippen LogP contribution in [0.15, 0.2) is 73.3 Å². The van der Waals surface area contributed by atoms with Crippen LogP contribution in [-0.4, -0.2) is 51.2 Å². The van der Waals surface area contributed by atoms with E-state index in [1.165, 1.54) is 16.4 Å². The number of nitrogens with zero attached hydrogens (tertiary/aromatic N) is 4. The molecule has 0 radical (unpaired) electrons. The minimum absolute atomic E-state index is 0.0837. The lowest BCUT2D eigenvalue weighted by molar-refractivity contribution is -0.154. The molecule has 5 aromatic rings. The van der Waals surface area contributed by atoms with Gasteiger partial charge >= 0.3 is 0 Å². The van der Waals surface area contributed by atoms with Crippen LogP contribution in [0.5, 0.6) is 11.6 Å². The summed E-state index contributed by atoms with van der Waals surface area (Å²) >= 11 is 0. The van der Waals surface area contributed by atoms with Crippen molar-refractivity contribution in [3.05, 3.63) is 79.0 Å². The van der Waals surface area contributed by atoms with Crippen LogP contribution in [0.25, 0.3) is 32.9 Å². The maximum atomic E-state index is 6.10. The molecule has 8 heteroatoms. The molecule has 7 rings (SSSR count). The van der Waals surface area contributed by atoms with E-state index in [0.717, 1.165) is 61.0 Å². The number of benzene rings is 1. The summed E-state index contributed by atoms with van der Waals surface area (Å²) < 4.78 is 25.6. The van der Waals surface area contributed by atoms with Gasteiger partial charge < -0.3 is 23.5 Å². The normalized spacial score (nSPS) is 20.1. The Morgan fingerprint density at radius 3 is 2.60 bits per heavy atom. The van der Waals surface area contributed by atoms with Crippen molar-refractivity contribution in [3.63, 3.8) is 0 Å². The van der Waals surface area contributed by atoms with Gasteiger partial charge in [0.05, 0.1) is 11.7 Å². The predicted octanol–water partition coefficient (Wildman–Crippen LogP) is 6.07. The molecule has 1 saturated carbocycles. The molecule has 1 aromatic carbocycles. The van der Waals surface area contributed by atoms with E-state index in [-0.39, 0.29) is 18.5 Å². The molecule has 2 aliphatic rings. The highest BCUT2D eigenvalue weighted by Gasteiger charge is 2.33. The Hall–Kier alpha value is -4.45. The smallest absolute Gasteiger partial charge is 0.213 e. The van der Waals surface area contributed by atoms with E-state index in [9.17, 15) is 0 Å². The number of hydrogen-bond donors (Lipinski definition) is 0. The van der Waals surface area contributed by atoms with Gasteiger partial charge in [-0.1, -0.05) is 18.1 Å². The van der Waals surface area contributed by atoms with Crippen LogP contribution in [0.1, 0.15) is 37.8 Å². The molecule has 42 heavy (non-hydrogen) atoms. The highest BCUT2D eigenvalue weighted by molar-refractivity contribution is 6.08. The van der Waals surface area contributed by atoms with Gasteiger partial charge in [0.2, 0.25) is 5.88 Å². The fourth-order valence-corrected chi connectivity index (χ4v) is 5.56. The van der Waals surface area contributed by atoms with Crippen molar-refractivity contribution in [1.29, 1.82) is 0 Å². The lowest BCUT2D eigenvalue weighted by atomic mass is 9.92. The van der Waals surface area contributed by atoms with Crippen LogP contribution < -0.4 is 9.47 Å². The summed E-state index contributed by atoms with van der Waals surface area (Å²) in [7, 11) is 2.09. The van der Waals surface area contributed by atoms with Gasteiger partial charge in [-0.15, -0.1) is 0 Å². The Labute approximate surface area is 244 Å². The van der Waals surface area contributed by atoms with E-state index in [1.807, 2.05) is 42.9 Å². The summed E-state index contributed by atoms with van der Waals surface area (Å²) in [5.41, 5.74) is 5.20. The first-order valence-corrected chi connectivity index (χ1v) is 14.5. The second-order valence-corrected chi connectivity index (χ2v) is 10.8. The summed E-state index contributed by atoms with van der Waals surface area (Å²) in [4.78, 5) is 13.3. The van der Waals surface area contributed by atoms with Crippen molar-refractivity contribution in [2.45, 2.75) is 50.6 Å².